The molecule has 0 bridgehead atoms. The fourth-order valence-electron chi connectivity index (χ4n) is 1.22. The van der Waals surface area contributed by atoms with Crippen LogP contribution in [0.3, 0.4) is 0 Å². The zero-order chi connectivity index (χ0) is 15.5. The highest BCUT2D eigenvalue weighted by Gasteiger charge is 2.34. The fourth-order valence-corrected chi connectivity index (χ4v) is 1.22. The molecular formula is C10H4F5NO4. The lowest BCUT2D eigenvalue weighted by molar-refractivity contribution is -0.275. The average Bonchev–Trinajstić information content (AvgIpc) is 2.27. The molecule has 0 aliphatic carbocycles. The Balaban J connectivity index is 3.40. The second kappa shape index (κ2) is 5.60. The predicted molar refractivity (Wildman–Crippen MR) is 51.4 cm³/mol. The monoisotopic (exact) mass is 297 g/mol. The zero-order valence-corrected chi connectivity index (χ0v) is 9.24. The molecule has 0 unspecified atom stereocenters. The van der Waals surface area contributed by atoms with Crippen molar-refractivity contribution in [1.82, 2.24) is 0 Å². The Morgan fingerprint density at radius 3 is 2.30 bits per heavy atom. The molecule has 0 aromatic heterocycles. The lowest BCUT2D eigenvalue weighted by Crippen LogP contribution is -2.19. The van der Waals surface area contributed by atoms with Crippen LogP contribution in [0.5, 0.6) is 11.5 Å². The van der Waals surface area contributed by atoms with Crippen LogP contribution < -0.4 is 9.47 Å². The maximum absolute atomic E-state index is 12.1. The van der Waals surface area contributed by atoms with E-state index in [0.717, 1.165) is 0 Å². The van der Waals surface area contributed by atoms with Crippen molar-refractivity contribution in [2.45, 2.75) is 13.0 Å². The zero-order valence-electron chi connectivity index (χ0n) is 9.24. The third kappa shape index (κ3) is 3.98. The number of nitriles is 1. The standard InChI is InChI=1S/C10H4F5NO4/c11-9(12)19-6-1-4(3-16)5(8(17)18)2-7(6)20-10(13,14)15/h1-2,9H,(H,17,18). The van der Waals surface area contributed by atoms with E-state index in [9.17, 15) is 26.7 Å². The number of carboxylic acids is 1. The van der Waals surface area contributed by atoms with E-state index < -0.39 is 41.6 Å². The quantitative estimate of drug-likeness (QED) is 0.864. The van der Waals surface area contributed by atoms with Gasteiger partial charge in [-0.2, -0.15) is 14.0 Å². The van der Waals surface area contributed by atoms with Crippen molar-refractivity contribution in [3.8, 4) is 17.6 Å². The summed E-state index contributed by atoms with van der Waals surface area (Å²) in [5.41, 5.74) is -1.49. The van der Waals surface area contributed by atoms with Crippen LogP contribution in [-0.4, -0.2) is 24.0 Å². The van der Waals surface area contributed by atoms with Crippen molar-refractivity contribution in [3.05, 3.63) is 23.3 Å². The highest BCUT2D eigenvalue weighted by molar-refractivity contribution is 5.91. The van der Waals surface area contributed by atoms with E-state index >= 15 is 0 Å². The summed E-state index contributed by atoms with van der Waals surface area (Å²) in [5, 5.41) is 17.3. The Hall–Kier alpha value is -2.57. The van der Waals surface area contributed by atoms with Crippen molar-refractivity contribution in [3.63, 3.8) is 0 Å². The molecule has 10 heteroatoms. The molecule has 0 atom stereocenters. The van der Waals surface area contributed by atoms with Gasteiger partial charge in [0, 0.05) is 12.1 Å². The molecule has 1 N–H and O–H groups in total. The molecule has 1 aromatic rings. The molecule has 0 saturated heterocycles. The van der Waals surface area contributed by atoms with Crippen LogP contribution in [-0.2, 0) is 0 Å². The summed E-state index contributed by atoms with van der Waals surface area (Å²) in [6, 6.07) is 2.05. The van der Waals surface area contributed by atoms with Crippen molar-refractivity contribution in [2.75, 3.05) is 0 Å². The van der Waals surface area contributed by atoms with Gasteiger partial charge in [-0.15, -0.1) is 13.2 Å². The number of rotatable bonds is 4. The number of hydrogen-bond acceptors (Lipinski definition) is 4. The highest BCUT2D eigenvalue weighted by atomic mass is 19.4. The van der Waals surface area contributed by atoms with Crippen LogP contribution in [0.1, 0.15) is 15.9 Å². The van der Waals surface area contributed by atoms with Gasteiger partial charge in [0.25, 0.3) is 0 Å². The van der Waals surface area contributed by atoms with E-state index in [1.54, 1.807) is 0 Å². The van der Waals surface area contributed by atoms with Gasteiger partial charge >= 0.3 is 18.9 Å². The van der Waals surface area contributed by atoms with Gasteiger partial charge in [0.2, 0.25) is 0 Å². The van der Waals surface area contributed by atoms with Crippen molar-refractivity contribution < 1.29 is 41.3 Å². The first kappa shape index (κ1) is 15.5. The van der Waals surface area contributed by atoms with Crippen molar-refractivity contribution >= 4 is 5.97 Å². The molecule has 0 saturated carbocycles. The Labute approximate surface area is 107 Å². The third-order valence-corrected chi connectivity index (χ3v) is 1.88. The summed E-state index contributed by atoms with van der Waals surface area (Å²) >= 11 is 0. The highest BCUT2D eigenvalue weighted by Crippen LogP contribution is 2.35. The minimum Gasteiger partial charge on any atom is -0.478 e. The number of nitrogens with zero attached hydrogens (tertiary/aromatic N) is 1. The van der Waals surface area contributed by atoms with Crippen LogP contribution in [0.4, 0.5) is 22.0 Å². The number of benzene rings is 1. The molecule has 1 rings (SSSR count). The number of alkyl halides is 5. The molecule has 0 amide bonds. The third-order valence-electron chi connectivity index (χ3n) is 1.88. The van der Waals surface area contributed by atoms with Gasteiger partial charge in [-0.3, -0.25) is 0 Å². The van der Waals surface area contributed by atoms with Gasteiger partial charge in [-0.05, 0) is 0 Å². The van der Waals surface area contributed by atoms with E-state index in [1.165, 1.54) is 6.07 Å². The molecule has 20 heavy (non-hydrogen) atoms. The predicted octanol–water partition coefficient (Wildman–Crippen LogP) is 2.76. The van der Waals surface area contributed by atoms with Gasteiger partial charge < -0.3 is 14.6 Å². The molecule has 0 aliphatic rings. The normalized spacial score (nSPS) is 11.1. The molecule has 0 fully saturated rings. The van der Waals surface area contributed by atoms with Crippen LogP contribution in [0.15, 0.2) is 12.1 Å². The lowest BCUT2D eigenvalue weighted by atomic mass is 10.1. The van der Waals surface area contributed by atoms with E-state index in [2.05, 4.69) is 9.47 Å². The van der Waals surface area contributed by atoms with E-state index in [1.807, 2.05) is 0 Å². The molecular weight excluding hydrogens is 293 g/mol. The summed E-state index contributed by atoms with van der Waals surface area (Å²) in [6.07, 6.45) is -5.25. The first-order valence-electron chi connectivity index (χ1n) is 4.66. The number of hydrogen-bond donors (Lipinski definition) is 1. The minimum absolute atomic E-state index is 0.284. The minimum atomic E-state index is -5.25. The molecule has 1 aromatic carbocycles. The van der Waals surface area contributed by atoms with Crippen LogP contribution in [0, 0.1) is 11.3 Å². The van der Waals surface area contributed by atoms with Crippen LogP contribution >= 0.6 is 0 Å². The molecule has 5 nitrogen and oxygen atoms in total. The Bertz CT molecular complexity index is 564. The van der Waals surface area contributed by atoms with Gasteiger partial charge in [-0.25, -0.2) is 4.79 Å². The van der Waals surface area contributed by atoms with Crippen LogP contribution in [0.25, 0.3) is 0 Å². The number of ether oxygens (including phenoxy) is 2. The SMILES string of the molecule is N#Cc1cc(OC(F)F)c(OC(F)(F)F)cc1C(=O)O. The number of carboxylic acid groups (broad SMARTS) is 1. The maximum atomic E-state index is 12.1. The number of aromatic carboxylic acids is 1. The summed E-state index contributed by atoms with van der Waals surface area (Å²) in [5.74, 6) is -4.11. The van der Waals surface area contributed by atoms with Gasteiger partial charge in [-0.1, -0.05) is 0 Å². The van der Waals surface area contributed by atoms with E-state index in [-0.39, 0.29) is 6.07 Å². The molecule has 0 heterocycles. The number of carbonyl (C=O) groups is 1. The summed E-state index contributed by atoms with van der Waals surface area (Å²) in [7, 11) is 0. The molecule has 0 spiro atoms. The second-order valence-electron chi connectivity index (χ2n) is 3.19. The Morgan fingerprint density at radius 2 is 1.90 bits per heavy atom. The second-order valence-corrected chi connectivity index (χ2v) is 3.19. The smallest absolute Gasteiger partial charge is 0.478 e. The van der Waals surface area contributed by atoms with Gasteiger partial charge in [0.1, 0.15) is 6.07 Å². The first-order chi connectivity index (χ1) is 9.14. The molecule has 108 valence electrons. The first-order valence-corrected chi connectivity index (χ1v) is 4.66. The lowest BCUT2D eigenvalue weighted by Gasteiger charge is -2.14. The maximum Gasteiger partial charge on any atom is 0.573 e. The van der Waals surface area contributed by atoms with Crippen molar-refractivity contribution in [1.29, 1.82) is 5.26 Å². The summed E-state index contributed by atoms with van der Waals surface area (Å²) in [4.78, 5) is 10.8. The topological polar surface area (TPSA) is 79.5 Å². The summed E-state index contributed by atoms with van der Waals surface area (Å²) in [6.45, 7) is -3.48. The van der Waals surface area contributed by atoms with E-state index in [0.29, 0.717) is 6.07 Å². The number of halogens is 5. The van der Waals surface area contributed by atoms with E-state index in [4.69, 9.17) is 10.4 Å². The Morgan fingerprint density at radius 1 is 1.30 bits per heavy atom. The Kier molecular flexibility index (Phi) is 4.34. The van der Waals surface area contributed by atoms with Gasteiger partial charge in [0.15, 0.2) is 11.5 Å². The largest absolute Gasteiger partial charge is 0.573 e. The molecule has 0 radical (unpaired) electrons. The van der Waals surface area contributed by atoms with Crippen molar-refractivity contribution in [2.24, 2.45) is 0 Å². The summed E-state index contributed by atoms with van der Waals surface area (Å²) < 4.78 is 67.6. The average molecular weight is 297 g/mol. The van der Waals surface area contributed by atoms with Crippen LogP contribution in [0.2, 0.25) is 0 Å². The molecule has 0 aliphatic heterocycles. The fraction of sp³-hybridized carbons (Fsp3) is 0.200. The van der Waals surface area contributed by atoms with Gasteiger partial charge in [0.05, 0.1) is 11.1 Å².